The van der Waals surface area contributed by atoms with Gasteiger partial charge in [-0.15, -0.1) is 0 Å². The fourth-order valence-corrected chi connectivity index (χ4v) is 2.38. The Bertz CT molecular complexity index is 529. The van der Waals surface area contributed by atoms with Gasteiger partial charge in [-0.3, -0.25) is 4.98 Å². The van der Waals surface area contributed by atoms with Crippen LogP contribution in [0.3, 0.4) is 0 Å². The van der Waals surface area contributed by atoms with E-state index in [0.29, 0.717) is 6.61 Å². The number of pyridine rings is 1. The van der Waals surface area contributed by atoms with Crippen LogP contribution in [0.25, 0.3) is 0 Å². The molecule has 1 unspecified atom stereocenters. The van der Waals surface area contributed by atoms with E-state index in [9.17, 15) is 0 Å². The molecule has 0 radical (unpaired) electrons. The van der Waals surface area contributed by atoms with Gasteiger partial charge >= 0.3 is 0 Å². The van der Waals surface area contributed by atoms with Crippen molar-refractivity contribution < 1.29 is 4.74 Å². The van der Waals surface area contributed by atoms with Gasteiger partial charge in [0.05, 0.1) is 4.47 Å². The first-order valence-electron chi connectivity index (χ1n) is 6.21. The van der Waals surface area contributed by atoms with Crippen LogP contribution in [0, 0.1) is 0 Å². The topological polar surface area (TPSA) is 48.1 Å². The minimum atomic E-state index is 0.107. The molecule has 1 heterocycles. The smallest absolute Gasteiger partial charge is 0.137 e. The number of para-hydroxylation sites is 1. The molecule has 0 saturated heterocycles. The third kappa shape index (κ3) is 4.04. The summed E-state index contributed by atoms with van der Waals surface area (Å²) >= 11 is 3.53. The van der Waals surface area contributed by atoms with Crippen LogP contribution < -0.4 is 10.5 Å². The summed E-state index contributed by atoms with van der Waals surface area (Å²) in [5.74, 6) is 0.864. The first-order chi connectivity index (χ1) is 9.16. The van der Waals surface area contributed by atoms with Crippen molar-refractivity contribution in [3.63, 3.8) is 0 Å². The third-order valence-electron chi connectivity index (χ3n) is 2.70. The molecule has 3 nitrogen and oxygen atoms in total. The maximum absolute atomic E-state index is 5.91. The molecule has 2 aromatic rings. The second-order valence-electron chi connectivity index (χ2n) is 4.56. The molecule has 1 aromatic carbocycles. The Hall–Kier alpha value is -1.39. The second-order valence-corrected chi connectivity index (χ2v) is 5.41. The molecule has 0 fully saturated rings. The van der Waals surface area contributed by atoms with Crippen LogP contribution in [-0.2, 0) is 13.0 Å². The summed E-state index contributed by atoms with van der Waals surface area (Å²) < 4.78 is 6.87. The number of ether oxygens (including phenoxy) is 1. The number of hydrogen-bond donors (Lipinski definition) is 1. The second kappa shape index (κ2) is 6.68. The zero-order chi connectivity index (χ0) is 13.7. The van der Waals surface area contributed by atoms with Gasteiger partial charge in [0.1, 0.15) is 12.4 Å². The van der Waals surface area contributed by atoms with Gasteiger partial charge in [-0.25, -0.2) is 0 Å². The van der Waals surface area contributed by atoms with Gasteiger partial charge in [0, 0.05) is 24.0 Å². The van der Waals surface area contributed by atoms with Gasteiger partial charge in [-0.1, -0.05) is 18.2 Å². The highest BCUT2D eigenvalue weighted by Gasteiger charge is 2.10. The number of hydrogen-bond acceptors (Lipinski definition) is 3. The predicted octanol–water partition coefficient (Wildman–Crippen LogP) is 3.31. The molecule has 1 aromatic heterocycles. The number of aromatic nitrogens is 1. The standard InChI is InChI=1S/C15H17BrN2O/c1-11(17)8-13-5-2-6-14(16)15(13)19-10-12-4-3-7-18-9-12/h2-7,9,11H,8,10,17H2,1H3. The van der Waals surface area contributed by atoms with Crippen molar-refractivity contribution >= 4 is 15.9 Å². The van der Waals surface area contributed by atoms with Gasteiger partial charge in [-0.2, -0.15) is 0 Å². The van der Waals surface area contributed by atoms with E-state index in [1.807, 2.05) is 43.5 Å². The van der Waals surface area contributed by atoms with Gasteiger partial charge in [0.15, 0.2) is 0 Å². The lowest BCUT2D eigenvalue weighted by Crippen LogP contribution is -2.18. The number of nitrogens with zero attached hydrogens (tertiary/aromatic N) is 1. The fraction of sp³-hybridized carbons (Fsp3) is 0.267. The highest BCUT2D eigenvalue weighted by molar-refractivity contribution is 9.10. The zero-order valence-electron chi connectivity index (χ0n) is 10.8. The molecule has 0 aliphatic carbocycles. The number of nitrogens with two attached hydrogens (primary N) is 1. The summed E-state index contributed by atoms with van der Waals surface area (Å²) in [5.41, 5.74) is 8.03. The molecule has 1 atom stereocenters. The molecule has 0 aliphatic rings. The minimum Gasteiger partial charge on any atom is -0.487 e. The average molecular weight is 321 g/mol. The SMILES string of the molecule is CC(N)Cc1cccc(Br)c1OCc1cccnc1. The Morgan fingerprint density at radius 2 is 2.16 bits per heavy atom. The maximum Gasteiger partial charge on any atom is 0.137 e. The number of benzene rings is 1. The molecular formula is C15H17BrN2O. The van der Waals surface area contributed by atoms with Crippen molar-refractivity contribution in [1.29, 1.82) is 0 Å². The van der Waals surface area contributed by atoms with E-state index in [2.05, 4.69) is 20.9 Å². The van der Waals surface area contributed by atoms with E-state index >= 15 is 0 Å². The van der Waals surface area contributed by atoms with Crippen molar-refractivity contribution in [2.45, 2.75) is 26.0 Å². The van der Waals surface area contributed by atoms with Crippen LogP contribution in [0.4, 0.5) is 0 Å². The Kier molecular flexibility index (Phi) is 4.93. The van der Waals surface area contributed by atoms with Crippen molar-refractivity contribution in [1.82, 2.24) is 4.98 Å². The fourth-order valence-electron chi connectivity index (χ4n) is 1.86. The van der Waals surface area contributed by atoms with Crippen molar-refractivity contribution in [2.24, 2.45) is 5.73 Å². The first kappa shape index (κ1) is 14.0. The molecule has 0 saturated carbocycles. The summed E-state index contributed by atoms with van der Waals surface area (Å²) in [5, 5.41) is 0. The molecule has 19 heavy (non-hydrogen) atoms. The van der Waals surface area contributed by atoms with Crippen LogP contribution in [0.5, 0.6) is 5.75 Å². The Balaban J connectivity index is 2.14. The molecule has 0 spiro atoms. The molecule has 0 aliphatic heterocycles. The maximum atomic E-state index is 5.91. The Labute approximate surface area is 121 Å². The van der Waals surface area contributed by atoms with E-state index in [-0.39, 0.29) is 6.04 Å². The predicted molar refractivity (Wildman–Crippen MR) is 80.1 cm³/mol. The third-order valence-corrected chi connectivity index (χ3v) is 3.32. The normalized spacial score (nSPS) is 12.2. The van der Waals surface area contributed by atoms with Gasteiger partial charge in [-0.05, 0) is 47.0 Å². The van der Waals surface area contributed by atoms with Crippen LogP contribution >= 0.6 is 15.9 Å². The van der Waals surface area contributed by atoms with E-state index in [1.54, 1.807) is 6.20 Å². The number of halogens is 1. The quantitative estimate of drug-likeness (QED) is 0.919. The highest BCUT2D eigenvalue weighted by Crippen LogP contribution is 2.30. The van der Waals surface area contributed by atoms with Crippen molar-refractivity contribution in [2.75, 3.05) is 0 Å². The van der Waals surface area contributed by atoms with Gasteiger partial charge in [0.2, 0.25) is 0 Å². The molecule has 4 heteroatoms. The Morgan fingerprint density at radius 1 is 1.32 bits per heavy atom. The molecule has 0 bridgehead atoms. The first-order valence-corrected chi connectivity index (χ1v) is 7.01. The van der Waals surface area contributed by atoms with Crippen LogP contribution in [0.15, 0.2) is 47.2 Å². The van der Waals surface area contributed by atoms with Crippen molar-refractivity contribution in [3.05, 3.63) is 58.3 Å². The lowest BCUT2D eigenvalue weighted by molar-refractivity contribution is 0.300. The summed E-state index contributed by atoms with van der Waals surface area (Å²) in [4.78, 5) is 4.08. The lowest BCUT2D eigenvalue weighted by Gasteiger charge is -2.14. The number of rotatable bonds is 5. The van der Waals surface area contributed by atoms with Crippen molar-refractivity contribution in [3.8, 4) is 5.75 Å². The van der Waals surface area contributed by atoms with Gasteiger partial charge < -0.3 is 10.5 Å². The molecule has 0 amide bonds. The summed E-state index contributed by atoms with van der Waals surface area (Å²) in [6.45, 7) is 2.49. The summed E-state index contributed by atoms with van der Waals surface area (Å²) in [6, 6.07) is 10.0. The van der Waals surface area contributed by atoms with E-state index < -0.39 is 0 Å². The highest BCUT2D eigenvalue weighted by atomic mass is 79.9. The molecular weight excluding hydrogens is 304 g/mol. The molecule has 2 rings (SSSR count). The van der Waals surface area contributed by atoms with E-state index in [4.69, 9.17) is 10.5 Å². The average Bonchev–Trinajstić information content (AvgIpc) is 2.38. The van der Waals surface area contributed by atoms with Crippen LogP contribution in [0.2, 0.25) is 0 Å². The largest absolute Gasteiger partial charge is 0.487 e. The van der Waals surface area contributed by atoms with Gasteiger partial charge in [0.25, 0.3) is 0 Å². The lowest BCUT2D eigenvalue weighted by atomic mass is 10.1. The minimum absolute atomic E-state index is 0.107. The van der Waals surface area contributed by atoms with Crippen LogP contribution in [-0.4, -0.2) is 11.0 Å². The van der Waals surface area contributed by atoms with E-state index in [0.717, 1.165) is 27.8 Å². The molecule has 100 valence electrons. The van der Waals surface area contributed by atoms with Crippen LogP contribution in [0.1, 0.15) is 18.1 Å². The van der Waals surface area contributed by atoms with E-state index in [1.165, 1.54) is 0 Å². The monoisotopic (exact) mass is 320 g/mol. The zero-order valence-corrected chi connectivity index (χ0v) is 12.4. The summed E-state index contributed by atoms with van der Waals surface area (Å²) in [6.07, 6.45) is 4.35. The molecule has 2 N–H and O–H groups in total. The summed E-state index contributed by atoms with van der Waals surface area (Å²) in [7, 11) is 0. The Morgan fingerprint density at radius 3 is 2.84 bits per heavy atom.